The summed E-state index contributed by atoms with van der Waals surface area (Å²) in [7, 11) is 4.17. The van der Waals surface area contributed by atoms with Crippen molar-refractivity contribution in [1.29, 1.82) is 0 Å². The fourth-order valence-corrected chi connectivity index (χ4v) is 1.88. The molecular weight excluding hydrogens is 170 g/mol. The molecular formula is C13H15N. The monoisotopic (exact) mass is 185 g/mol. The molecule has 72 valence electrons. The molecule has 0 aliphatic rings. The van der Waals surface area contributed by atoms with Crippen LogP contribution in [0.1, 0.15) is 5.56 Å². The van der Waals surface area contributed by atoms with Crippen molar-refractivity contribution in [1.82, 2.24) is 0 Å². The third kappa shape index (κ3) is 1.35. The van der Waals surface area contributed by atoms with Gasteiger partial charge in [-0.05, 0) is 23.9 Å². The largest absolute Gasteiger partial charge is 0.377 e. The number of nitrogens with zero attached hydrogens (tertiary/aromatic N) is 1. The molecule has 0 aromatic heterocycles. The maximum absolute atomic E-state index is 2.16. The van der Waals surface area contributed by atoms with Crippen LogP contribution in [0.15, 0.2) is 36.4 Å². The van der Waals surface area contributed by atoms with E-state index in [1.54, 1.807) is 0 Å². The Morgan fingerprint density at radius 1 is 0.929 bits per heavy atom. The van der Waals surface area contributed by atoms with Crippen LogP contribution in [0.5, 0.6) is 0 Å². The summed E-state index contributed by atoms with van der Waals surface area (Å²) >= 11 is 0. The molecule has 0 atom stereocenters. The molecule has 2 aromatic rings. The summed E-state index contributed by atoms with van der Waals surface area (Å²) in [4.78, 5) is 2.16. The van der Waals surface area contributed by atoms with Crippen LogP contribution in [-0.2, 0) is 0 Å². The van der Waals surface area contributed by atoms with E-state index in [-0.39, 0.29) is 0 Å². The highest BCUT2D eigenvalue weighted by Crippen LogP contribution is 2.27. The average molecular weight is 185 g/mol. The van der Waals surface area contributed by atoms with Crippen molar-refractivity contribution in [2.24, 2.45) is 0 Å². The quantitative estimate of drug-likeness (QED) is 0.659. The second-order valence-corrected chi connectivity index (χ2v) is 3.84. The highest BCUT2D eigenvalue weighted by atomic mass is 15.1. The molecule has 0 bridgehead atoms. The number of hydrogen-bond donors (Lipinski definition) is 0. The number of hydrogen-bond acceptors (Lipinski definition) is 1. The first-order valence-electron chi connectivity index (χ1n) is 4.86. The molecule has 2 aromatic carbocycles. The molecule has 0 N–H and O–H groups in total. The molecule has 0 saturated heterocycles. The van der Waals surface area contributed by atoms with Crippen LogP contribution in [0.25, 0.3) is 10.8 Å². The molecule has 0 fully saturated rings. The SMILES string of the molecule is Cc1cccc2cccc(N(C)C)c12. The van der Waals surface area contributed by atoms with Gasteiger partial charge in [0.2, 0.25) is 0 Å². The van der Waals surface area contributed by atoms with E-state index >= 15 is 0 Å². The first-order chi connectivity index (χ1) is 6.70. The summed E-state index contributed by atoms with van der Waals surface area (Å²) in [6.45, 7) is 2.16. The third-order valence-electron chi connectivity index (χ3n) is 2.57. The molecule has 0 amide bonds. The Kier molecular flexibility index (Phi) is 2.16. The van der Waals surface area contributed by atoms with Crippen molar-refractivity contribution in [2.45, 2.75) is 6.92 Å². The van der Waals surface area contributed by atoms with E-state index in [0.29, 0.717) is 0 Å². The number of rotatable bonds is 1. The van der Waals surface area contributed by atoms with Gasteiger partial charge in [-0.15, -0.1) is 0 Å². The Hall–Kier alpha value is -1.50. The van der Waals surface area contributed by atoms with Gasteiger partial charge in [-0.2, -0.15) is 0 Å². The number of anilines is 1. The highest BCUT2D eigenvalue weighted by molar-refractivity contribution is 5.96. The molecule has 0 saturated carbocycles. The van der Waals surface area contributed by atoms with Crippen LogP contribution in [0, 0.1) is 6.92 Å². The number of benzene rings is 2. The van der Waals surface area contributed by atoms with Crippen molar-refractivity contribution in [2.75, 3.05) is 19.0 Å². The van der Waals surface area contributed by atoms with E-state index in [2.05, 4.69) is 62.3 Å². The average Bonchev–Trinajstić information content (AvgIpc) is 2.17. The molecule has 1 nitrogen and oxygen atoms in total. The molecule has 0 aliphatic heterocycles. The summed E-state index contributed by atoms with van der Waals surface area (Å²) in [6.07, 6.45) is 0. The van der Waals surface area contributed by atoms with Gasteiger partial charge >= 0.3 is 0 Å². The Labute approximate surface area is 85.0 Å². The van der Waals surface area contributed by atoms with E-state index in [1.165, 1.54) is 22.0 Å². The molecule has 1 heteroatoms. The molecule has 0 aliphatic carbocycles. The van der Waals surface area contributed by atoms with Crippen molar-refractivity contribution in [3.05, 3.63) is 42.0 Å². The van der Waals surface area contributed by atoms with Gasteiger partial charge in [0.1, 0.15) is 0 Å². The lowest BCUT2D eigenvalue weighted by Gasteiger charge is -2.16. The second-order valence-electron chi connectivity index (χ2n) is 3.84. The van der Waals surface area contributed by atoms with Gasteiger partial charge in [0.15, 0.2) is 0 Å². The van der Waals surface area contributed by atoms with Gasteiger partial charge in [0.05, 0.1) is 0 Å². The van der Waals surface area contributed by atoms with Gasteiger partial charge in [-0.25, -0.2) is 0 Å². The molecule has 0 spiro atoms. The van der Waals surface area contributed by atoms with E-state index in [4.69, 9.17) is 0 Å². The van der Waals surface area contributed by atoms with Gasteiger partial charge in [0.25, 0.3) is 0 Å². The summed E-state index contributed by atoms with van der Waals surface area (Å²) in [5.41, 5.74) is 2.63. The summed E-state index contributed by atoms with van der Waals surface area (Å²) < 4.78 is 0. The maximum atomic E-state index is 2.16. The number of aryl methyl sites for hydroxylation is 1. The van der Waals surface area contributed by atoms with Crippen molar-refractivity contribution >= 4 is 16.5 Å². The van der Waals surface area contributed by atoms with Crippen LogP contribution in [-0.4, -0.2) is 14.1 Å². The van der Waals surface area contributed by atoms with Crippen LogP contribution < -0.4 is 4.90 Å². The van der Waals surface area contributed by atoms with Crippen LogP contribution in [0.2, 0.25) is 0 Å². The third-order valence-corrected chi connectivity index (χ3v) is 2.57. The molecule has 0 unspecified atom stereocenters. The maximum Gasteiger partial charge on any atom is 0.0443 e. The molecule has 14 heavy (non-hydrogen) atoms. The van der Waals surface area contributed by atoms with E-state index < -0.39 is 0 Å². The Balaban J connectivity index is 2.84. The van der Waals surface area contributed by atoms with Crippen molar-refractivity contribution in [3.63, 3.8) is 0 Å². The number of fused-ring (bicyclic) bond motifs is 1. The van der Waals surface area contributed by atoms with E-state index in [9.17, 15) is 0 Å². The molecule has 2 rings (SSSR count). The minimum Gasteiger partial charge on any atom is -0.377 e. The summed E-state index contributed by atoms with van der Waals surface area (Å²) in [5, 5.41) is 2.68. The smallest absolute Gasteiger partial charge is 0.0443 e. The minimum absolute atomic E-state index is 1.29. The molecule has 0 radical (unpaired) electrons. The standard InChI is InChI=1S/C13H15N/c1-10-6-4-7-11-8-5-9-12(13(10)11)14(2)3/h4-9H,1-3H3. The Bertz CT molecular complexity index is 452. The summed E-state index contributed by atoms with van der Waals surface area (Å²) in [5.74, 6) is 0. The first-order valence-corrected chi connectivity index (χ1v) is 4.86. The topological polar surface area (TPSA) is 3.24 Å². The van der Waals surface area contributed by atoms with Crippen molar-refractivity contribution in [3.8, 4) is 0 Å². The van der Waals surface area contributed by atoms with Gasteiger partial charge in [-0.1, -0.05) is 30.3 Å². The van der Waals surface area contributed by atoms with Crippen LogP contribution in [0.3, 0.4) is 0 Å². The first kappa shape index (κ1) is 9.07. The van der Waals surface area contributed by atoms with Gasteiger partial charge in [0, 0.05) is 25.2 Å². The van der Waals surface area contributed by atoms with Gasteiger partial charge < -0.3 is 4.90 Å². The van der Waals surface area contributed by atoms with Crippen LogP contribution >= 0.6 is 0 Å². The van der Waals surface area contributed by atoms with Gasteiger partial charge in [-0.3, -0.25) is 0 Å². The lowest BCUT2D eigenvalue weighted by Crippen LogP contribution is -2.09. The highest BCUT2D eigenvalue weighted by Gasteiger charge is 2.03. The lowest BCUT2D eigenvalue weighted by molar-refractivity contribution is 1.14. The lowest BCUT2D eigenvalue weighted by atomic mass is 10.0. The Morgan fingerprint density at radius 3 is 2.21 bits per heavy atom. The van der Waals surface area contributed by atoms with Crippen molar-refractivity contribution < 1.29 is 0 Å². The predicted octanol–water partition coefficient (Wildman–Crippen LogP) is 3.21. The minimum atomic E-state index is 1.29. The predicted molar refractivity (Wildman–Crippen MR) is 63.0 cm³/mol. The van der Waals surface area contributed by atoms with Crippen LogP contribution in [0.4, 0.5) is 5.69 Å². The fraction of sp³-hybridized carbons (Fsp3) is 0.231. The zero-order chi connectivity index (χ0) is 10.1. The summed E-state index contributed by atoms with van der Waals surface area (Å²) in [6, 6.07) is 12.9. The Morgan fingerprint density at radius 2 is 1.57 bits per heavy atom. The normalized spacial score (nSPS) is 10.5. The molecule has 0 heterocycles. The van der Waals surface area contributed by atoms with E-state index in [1.807, 2.05) is 0 Å². The van der Waals surface area contributed by atoms with E-state index in [0.717, 1.165) is 0 Å². The zero-order valence-corrected chi connectivity index (χ0v) is 8.91. The zero-order valence-electron chi connectivity index (χ0n) is 8.91. The fourth-order valence-electron chi connectivity index (χ4n) is 1.88. The second kappa shape index (κ2) is 3.33.